The lowest BCUT2D eigenvalue weighted by Crippen LogP contribution is -2.12. The molecule has 0 heterocycles. The van der Waals surface area contributed by atoms with Crippen molar-refractivity contribution >= 4 is 11.9 Å². The van der Waals surface area contributed by atoms with Crippen molar-refractivity contribution in [2.75, 3.05) is 0 Å². The van der Waals surface area contributed by atoms with Crippen LogP contribution >= 0.6 is 0 Å². The Morgan fingerprint density at radius 2 is 1.92 bits per heavy atom. The van der Waals surface area contributed by atoms with Gasteiger partial charge in [0.05, 0.1) is 0 Å². The third kappa shape index (κ3) is 4.27. The molecule has 0 aliphatic heterocycles. The van der Waals surface area contributed by atoms with Gasteiger partial charge in [-0.25, -0.2) is 0 Å². The minimum Gasteiger partial charge on any atom is -0.427 e. The van der Waals surface area contributed by atoms with Gasteiger partial charge in [0.15, 0.2) is 0 Å². The number of carbonyl (C=O) groups excluding carboxylic acids is 2. The number of allylic oxidation sites excluding steroid dienone is 1. The van der Waals surface area contributed by atoms with E-state index in [1.807, 2.05) is 0 Å². The van der Waals surface area contributed by atoms with Crippen LogP contribution in [-0.2, 0) is 14.3 Å². The minimum atomic E-state index is -0.566. The zero-order valence-corrected chi connectivity index (χ0v) is 7.09. The summed E-state index contributed by atoms with van der Waals surface area (Å²) in [5, 5.41) is 0. The molecule has 0 aromatic carbocycles. The lowest BCUT2D eigenvalue weighted by atomic mass is 10.2. The molecule has 0 aliphatic rings. The fourth-order valence-corrected chi connectivity index (χ4v) is 0.527. The van der Waals surface area contributed by atoms with Crippen LogP contribution < -0.4 is 5.73 Å². The van der Waals surface area contributed by atoms with Crippen LogP contribution in [-0.4, -0.2) is 11.9 Å². The van der Waals surface area contributed by atoms with Crippen LogP contribution in [0.5, 0.6) is 0 Å². The van der Waals surface area contributed by atoms with Gasteiger partial charge in [-0.05, 0) is 13.0 Å². The van der Waals surface area contributed by atoms with E-state index in [0.29, 0.717) is 5.57 Å². The first kappa shape index (κ1) is 10.4. The van der Waals surface area contributed by atoms with Gasteiger partial charge in [-0.3, -0.25) is 9.59 Å². The van der Waals surface area contributed by atoms with E-state index in [1.165, 1.54) is 19.9 Å². The summed E-state index contributed by atoms with van der Waals surface area (Å²) in [4.78, 5) is 20.9. The van der Waals surface area contributed by atoms with E-state index >= 15 is 0 Å². The van der Waals surface area contributed by atoms with E-state index in [-0.39, 0.29) is 5.76 Å². The van der Waals surface area contributed by atoms with E-state index in [4.69, 9.17) is 5.73 Å². The predicted octanol–water partition coefficient (Wildman–Crippen LogP) is 0.495. The summed E-state index contributed by atoms with van der Waals surface area (Å²) < 4.78 is 4.55. The van der Waals surface area contributed by atoms with Crippen LogP contribution in [0, 0.1) is 0 Å². The number of esters is 1. The van der Waals surface area contributed by atoms with Crippen LogP contribution in [0.25, 0.3) is 0 Å². The number of carbonyl (C=O) groups is 2. The van der Waals surface area contributed by atoms with Crippen LogP contribution in [0.4, 0.5) is 0 Å². The minimum absolute atomic E-state index is 0.110. The zero-order valence-electron chi connectivity index (χ0n) is 7.09. The molecule has 2 N–H and O–H groups in total. The standard InChI is InChI=1S/C8H11NO3/c1-5(8(9)11)4-6(2)12-7(3)10/h4H,2H2,1,3H3,(H2,9,11)/b5-4-. The number of ether oxygens (including phenoxy) is 1. The summed E-state index contributed by atoms with van der Waals surface area (Å²) in [5.41, 5.74) is 5.22. The van der Waals surface area contributed by atoms with Gasteiger partial charge in [-0.15, -0.1) is 0 Å². The molecule has 66 valence electrons. The molecule has 0 saturated carbocycles. The molecular formula is C8H11NO3. The monoisotopic (exact) mass is 169 g/mol. The SMILES string of the molecule is C=C(/C=C(/C)C(N)=O)OC(C)=O. The molecule has 0 spiro atoms. The quantitative estimate of drug-likeness (QED) is 0.289. The van der Waals surface area contributed by atoms with Crippen molar-refractivity contribution in [3.05, 3.63) is 24.0 Å². The van der Waals surface area contributed by atoms with Crippen molar-refractivity contribution in [1.29, 1.82) is 0 Å². The predicted molar refractivity (Wildman–Crippen MR) is 43.9 cm³/mol. The summed E-state index contributed by atoms with van der Waals surface area (Å²) in [7, 11) is 0. The summed E-state index contributed by atoms with van der Waals surface area (Å²) in [5.74, 6) is -0.935. The maximum atomic E-state index is 10.5. The topological polar surface area (TPSA) is 69.4 Å². The van der Waals surface area contributed by atoms with Gasteiger partial charge in [0.2, 0.25) is 5.91 Å². The van der Waals surface area contributed by atoms with E-state index in [9.17, 15) is 9.59 Å². The normalized spacial score (nSPS) is 10.7. The first-order valence-electron chi connectivity index (χ1n) is 3.29. The Morgan fingerprint density at radius 3 is 2.25 bits per heavy atom. The summed E-state index contributed by atoms with van der Waals surface area (Å²) >= 11 is 0. The Morgan fingerprint density at radius 1 is 1.42 bits per heavy atom. The third-order valence-corrected chi connectivity index (χ3v) is 1.04. The average molecular weight is 169 g/mol. The molecule has 0 unspecified atom stereocenters. The molecule has 4 nitrogen and oxygen atoms in total. The van der Waals surface area contributed by atoms with Crippen LogP contribution in [0.2, 0.25) is 0 Å². The number of rotatable bonds is 3. The maximum absolute atomic E-state index is 10.5. The average Bonchev–Trinajstić information content (AvgIpc) is 1.84. The molecule has 4 heteroatoms. The molecule has 0 radical (unpaired) electrons. The van der Waals surface area contributed by atoms with Crippen molar-refractivity contribution in [2.24, 2.45) is 5.73 Å². The smallest absolute Gasteiger partial charge is 0.308 e. The maximum Gasteiger partial charge on any atom is 0.308 e. The molecule has 0 aromatic rings. The van der Waals surface area contributed by atoms with E-state index < -0.39 is 11.9 Å². The molecule has 0 fully saturated rings. The number of amides is 1. The molecule has 0 saturated heterocycles. The number of hydrogen-bond acceptors (Lipinski definition) is 3. The summed E-state index contributed by atoms with van der Waals surface area (Å²) in [6.45, 7) is 6.15. The van der Waals surface area contributed by atoms with Crippen molar-refractivity contribution < 1.29 is 14.3 Å². The second kappa shape index (κ2) is 4.33. The largest absolute Gasteiger partial charge is 0.427 e. The molecule has 0 rings (SSSR count). The second-order valence-corrected chi connectivity index (χ2v) is 2.25. The first-order chi connectivity index (χ1) is 5.43. The second-order valence-electron chi connectivity index (χ2n) is 2.25. The van der Waals surface area contributed by atoms with Gasteiger partial charge in [0.1, 0.15) is 5.76 Å². The van der Waals surface area contributed by atoms with Gasteiger partial charge in [0.25, 0.3) is 0 Å². The fourth-order valence-electron chi connectivity index (χ4n) is 0.527. The molecular weight excluding hydrogens is 158 g/mol. The molecule has 0 atom stereocenters. The molecule has 0 aromatic heterocycles. The van der Waals surface area contributed by atoms with Gasteiger partial charge in [-0.2, -0.15) is 0 Å². The lowest BCUT2D eigenvalue weighted by Gasteiger charge is -1.99. The number of primary amides is 1. The highest BCUT2D eigenvalue weighted by atomic mass is 16.5. The highest BCUT2D eigenvalue weighted by Gasteiger charge is 2.00. The lowest BCUT2D eigenvalue weighted by molar-refractivity contribution is -0.136. The van der Waals surface area contributed by atoms with Gasteiger partial charge < -0.3 is 10.5 Å². The Hall–Kier alpha value is -1.58. The van der Waals surface area contributed by atoms with Crippen LogP contribution in [0.15, 0.2) is 24.0 Å². The Kier molecular flexibility index (Phi) is 3.76. The highest BCUT2D eigenvalue weighted by molar-refractivity contribution is 5.91. The van der Waals surface area contributed by atoms with Gasteiger partial charge in [0, 0.05) is 12.5 Å². The first-order valence-corrected chi connectivity index (χ1v) is 3.29. The third-order valence-electron chi connectivity index (χ3n) is 1.04. The van der Waals surface area contributed by atoms with Crippen LogP contribution in [0.3, 0.4) is 0 Å². The highest BCUT2D eigenvalue weighted by Crippen LogP contribution is 2.01. The number of nitrogens with two attached hydrogens (primary N) is 1. The van der Waals surface area contributed by atoms with Crippen molar-refractivity contribution in [3.8, 4) is 0 Å². The molecule has 0 bridgehead atoms. The summed E-state index contributed by atoms with van der Waals surface area (Å²) in [6.07, 6.45) is 1.31. The van der Waals surface area contributed by atoms with E-state index in [2.05, 4.69) is 11.3 Å². The van der Waals surface area contributed by atoms with Crippen molar-refractivity contribution in [1.82, 2.24) is 0 Å². The number of hydrogen-bond donors (Lipinski definition) is 1. The Labute approximate surface area is 70.7 Å². The van der Waals surface area contributed by atoms with Gasteiger partial charge in [-0.1, -0.05) is 6.58 Å². The van der Waals surface area contributed by atoms with Crippen molar-refractivity contribution in [3.63, 3.8) is 0 Å². The van der Waals surface area contributed by atoms with Crippen molar-refractivity contribution in [2.45, 2.75) is 13.8 Å². The molecule has 0 aliphatic carbocycles. The Bertz CT molecular complexity index is 253. The fraction of sp³-hybridized carbons (Fsp3) is 0.250. The van der Waals surface area contributed by atoms with Crippen LogP contribution in [0.1, 0.15) is 13.8 Å². The summed E-state index contributed by atoms with van der Waals surface area (Å²) in [6, 6.07) is 0. The molecule has 1 amide bonds. The van der Waals surface area contributed by atoms with E-state index in [1.54, 1.807) is 0 Å². The zero-order chi connectivity index (χ0) is 9.72. The molecule has 12 heavy (non-hydrogen) atoms. The van der Waals surface area contributed by atoms with E-state index in [0.717, 1.165) is 0 Å². The van der Waals surface area contributed by atoms with Gasteiger partial charge >= 0.3 is 5.97 Å². The Balaban J connectivity index is 4.24.